The van der Waals surface area contributed by atoms with Crippen LogP contribution < -0.4 is 0 Å². The Hall–Kier alpha value is -2.13. The lowest BCUT2D eigenvalue weighted by Crippen LogP contribution is -2.20. The van der Waals surface area contributed by atoms with Crippen LogP contribution in [0, 0.1) is 5.82 Å². The Labute approximate surface area is 122 Å². The standard InChI is InChI=1S/C18H16FNO/c19-15-6-5-14-7-9-20(17(14)11-15)12-18-16-4-2-1-3-13(16)8-10-21-18/h1-7,9,11,18H,8,10,12H2. The van der Waals surface area contributed by atoms with Crippen LogP contribution in [0.1, 0.15) is 17.2 Å². The van der Waals surface area contributed by atoms with Gasteiger partial charge in [-0.3, -0.25) is 0 Å². The zero-order chi connectivity index (χ0) is 14.2. The van der Waals surface area contributed by atoms with Gasteiger partial charge in [-0.1, -0.05) is 24.3 Å². The van der Waals surface area contributed by atoms with Crippen molar-refractivity contribution in [2.45, 2.75) is 19.1 Å². The lowest BCUT2D eigenvalue weighted by atomic mass is 9.97. The minimum absolute atomic E-state index is 0.0359. The SMILES string of the molecule is Fc1ccc2ccn(CC3OCCc4ccccc43)c2c1. The van der Waals surface area contributed by atoms with Gasteiger partial charge in [-0.05, 0) is 47.2 Å². The molecule has 0 fully saturated rings. The summed E-state index contributed by atoms with van der Waals surface area (Å²) in [6.45, 7) is 1.46. The van der Waals surface area contributed by atoms with Crippen molar-refractivity contribution in [2.75, 3.05) is 6.61 Å². The van der Waals surface area contributed by atoms with Gasteiger partial charge in [0.05, 0.1) is 18.7 Å². The topological polar surface area (TPSA) is 14.2 Å². The predicted molar refractivity (Wildman–Crippen MR) is 80.7 cm³/mol. The summed E-state index contributed by atoms with van der Waals surface area (Å²) < 4.78 is 21.5. The number of fused-ring (bicyclic) bond motifs is 2. The van der Waals surface area contributed by atoms with Gasteiger partial charge in [-0.15, -0.1) is 0 Å². The van der Waals surface area contributed by atoms with E-state index >= 15 is 0 Å². The van der Waals surface area contributed by atoms with Gasteiger partial charge in [-0.25, -0.2) is 4.39 Å². The molecule has 0 aliphatic carbocycles. The van der Waals surface area contributed by atoms with Gasteiger partial charge in [0.25, 0.3) is 0 Å². The molecule has 0 saturated heterocycles. The van der Waals surface area contributed by atoms with E-state index in [4.69, 9.17) is 4.74 Å². The molecule has 2 nitrogen and oxygen atoms in total. The maximum absolute atomic E-state index is 13.5. The third-order valence-electron chi connectivity index (χ3n) is 4.19. The van der Waals surface area contributed by atoms with Crippen molar-refractivity contribution in [1.29, 1.82) is 0 Å². The number of benzene rings is 2. The van der Waals surface area contributed by atoms with Gasteiger partial charge in [-0.2, -0.15) is 0 Å². The Morgan fingerprint density at radius 1 is 1.14 bits per heavy atom. The molecular weight excluding hydrogens is 265 g/mol. The Kier molecular flexibility index (Phi) is 3.00. The molecule has 0 amide bonds. The fourth-order valence-corrected chi connectivity index (χ4v) is 3.12. The first kappa shape index (κ1) is 12.6. The molecular formula is C18H16FNO. The first-order valence-electron chi connectivity index (χ1n) is 7.25. The molecule has 2 heterocycles. The Morgan fingerprint density at radius 3 is 3.00 bits per heavy atom. The average molecular weight is 281 g/mol. The van der Waals surface area contributed by atoms with Crippen LogP contribution in [0.2, 0.25) is 0 Å². The second-order valence-corrected chi connectivity index (χ2v) is 5.48. The summed E-state index contributed by atoms with van der Waals surface area (Å²) in [6.07, 6.45) is 3.01. The zero-order valence-corrected chi connectivity index (χ0v) is 11.6. The molecule has 21 heavy (non-hydrogen) atoms. The smallest absolute Gasteiger partial charge is 0.125 e. The summed E-state index contributed by atoms with van der Waals surface area (Å²) in [7, 11) is 0. The molecule has 2 aromatic carbocycles. The molecule has 1 atom stereocenters. The van der Waals surface area contributed by atoms with E-state index in [1.54, 1.807) is 6.07 Å². The van der Waals surface area contributed by atoms with Crippen molar-refractivity contribution >= 4 is 10.9 Å². The minimum Gasteiger partial charge on any atom is -0.371 e. The minimum atomic E-state index is -0.201. The van der Waals surface area contributed by atoms with E-state index in [1.165, 1.54) is 17.2 Å². The van der Waals surface area contributed by atoms with Gasteiger partial charge in [0.1, 0.15) is 11.9 Å². The Morgan fingerprint density at radius 2 is 2.05 bits per heavy atom. The molecule has 4 rings (SSSR count). The maximum atomic E-state index is 13.5. The number of nitrogens with zero attached hydrogens (tertiary/aromatic N) is 1. The number of ether oxygens (including phenoxy) is 1. The van der Waals surface area contributed by atoms with Crippen LogP contribution in [0.4, 0.5) is 4.39 Å². The molecule has 1 aliphatic heterocycles. The van der Waals surface area contributed by atoms with E-state index in [0.29, 0.717) is 6.54 Å². The van der Waals surface area contributed by atoms with Gasteiger partial charge in [0.2, 0.25) is 0 Å². The summed E-state index contributed by atoms with van der Waals surface area (Å²) in [5.74, 6) is -0.201. The summed E-state index contributed by atoms with van der Waals surface area (Å²) in [6, 6.07) is 15.3. The molecule has 3 aromatic rings. The highest BCUT2D eigenvalue weighted by Crippen LogP contribution is 2.29. The first-order chi connectivity index (χ1) is 10.3. The van der Waals surface area contributed by atoms with Gasteiger partial charge < -0.3 is 9.30 Å². The normalized spacial score (nSPS) is 17.9. The van der Waals surface area contributed by atoms with E-state index in [-0.39, 0.29) is 11.9 Å². The van der Waals surface area contributed by atoms with Crippen LogP contribution in [-0.4, -0.2) is 11.2 Å². The molecule has 1 aromatic heterocycles. The Bertz CT molecular complexity index is 793. The van der Waals surface area contributed by atoms with Crippen molar-refractivity contribution < 1.29 is 9.13 Å². The van der Waals surface area contributed by atoms with Crippen molar-refractivity contribution in [1.82, 2.24) is 4.57 Å². The van der Waals surface area contributed by atoms with Crippen LogP contribution in [0.25, 0.3) is 10.9 Å². The molecule has 0 bridgehead atoms. The number of halogens is 1. The van der Waals surface area contributed by atoms with E-state index in [1.807, 2.05) is 24.4 Å². The van der Waals surface area contributed by atoms with E-state index in [2.05, 4.69) is 22.8 Å². The van der Waals surface area contributed by atoms with Crippen LogP contribution in [0.3, 0.4) is 0 Å². The largest absolute Gasteiger partial charge is 0.371 e. The molecule has 1 aliphatic rings. The van der Waals surface area contributed by atoms with Crippen LogP contribution in [0.15, 0.2) is 54.7 Å². The second-order valence-electron chi connectivity index (χ2n) is 5.48. The average Bonchev–Trinajstić information content (AvgIpc) is 2.90. The predicted octanol–water partition coefficient (Wildman–Crippen LogP) is 4.09. The quantitative estimate of drug-likeness (QED) is 0.690. The zero-order valence-electron chi connectivity index (χ0n) is 11.6. The summed E-state index contributed by atoms with van der Waals surface area (Å²) in [5.41, 5.74) is 3.53. The van der Waals surface area contributed by atoms with Crippen molar-refractivity contribution in [2.24, 2.45) is 0 Å². The van der Waals surface area contributed by atoms with Gasteiger partial charge in [0.15, 0.2) is 0 Å². The van der Waals surface area contributed by atoms with Crippen LogP contribution in [0.5, 0.6) is 0 Å². The summed E-state index contributed by atoms with van der Waals surface area (Å²) in [5, 5.41) is 1.06. The fraction of sp³-hybridized carbons (Fsp3) is 0.222. The summed E-state index contributed by atoms with van der Waals surface area (Å²) >= 11 is 0. The number of aromatic nitrogens is 1. The highest BCUT2D eigenvalue weighted by molar-refractivity contribution is 5.80. The van der Waals surface area contributed by atoms with Gasteiger partial charge >= 0.3 is 0 Å². The lowest BCUT2D eigenvalue weighted by Gasteiger charge is -2.26. The van der Waals surface area contributed by atoms with Crippen molar-refractivity contribution in [3.63, 3.8) is 0 Å². The van der Waals surface area contributed by atoms with Crippen molar-refractivity contribution in [3.05, 3.63) is 71.7 Å². The van der Waals surface area contributed by atoms with E-state index in [9.17, 15) is 4.39 Å². The molecule has 0 saturated carbocycles. The highest BCUT2D eigenvalue weighted by atomic mass is 19.1. The number of hydrogen-bond acceptors (Lipinski definition) is 1. The van der Waals surface area contributed by atoms with Gasteiger partial charge in [0, 0.05) is 6.20 Å². The second kappa shape index (κ2) is 5.01. The fourth-order valence-electron chi connectivity index (χ4n) is 3.12. The maximum Gasteiger partial charge on any atom is 0.125 e. The third kappa shape index (κ3) is 2.24. The number of rotatable bonds is 2. The van der Waals surface area contributed by atoms with Crippen LogP contribution in [-0.2, 0) is 17.7 Å². The Balaban J connectivity index is 1.71. The lowest BCUT2D eigenvalue weighted by molar-refractivity contribution is 0.0314. The van der Waals surface area contributed by atoms with Crippen LogP contribution >= 0.6 is 0 Å². The van der Waals surface area contributed by atoms with E-state index < -0.39 is 0 Å². The van der Waals surface area contributed by atoms with E-state index in [0.717, 1.165) is 23.9 Å². The molecule has 3 heteroatoms. The monoisotopic (exact) mass is 281 g/mol. The number of hydrogen-bond donors (Lipinski definition) is 0. The first-order valence-corrected chi connectivity index (χ1v) is 7.25. The highest BCUT2D eigenvalue weighted by Gasteiger charge is 2.21. The molecule has 0 radical (unpaired) electrons. The molecule has 106 valence electrons. The molecule has 0 spiro atoms. The molecule has 1 unspecified atom stereocenters. The van der Waals surface area contributed by atoms with Crippen molar-refractivity contribution in [3.8, 4) is 0 Å². The third-order valence-corrected chi connectivity index (χ3v) is 4.19. The summed E-state index contributed by atoms with van der Waals surface area (Å²) in [4.78, 5) is 0. The molecule has 0 N–H and O–H groups in total.